The van der Waals surface area contributed by atoms with E-state index < -0.39 is 22.9 Å². The number of benzene rings is 2. The van der Waals surface area contributed by atoms with E-state index >= 15 is 0 Å². The molecular weight excluding hydrogens is 450 g/mol. The van der Waals surface area contributed by atoms with Gasteiger partial charge in [0.1, 0.15) is 17.1 Å². The van der Waals surface area contributed by atoms with Crippen molar-refractivity contribution in [3.05, 3.63) is 104 Å². The van der Waals surface area contributed by atoms with Crippen LogP contribution in [0.5, 0.6) is 11.5 Å². The summed E-state index contributed by atoms with van der Waals surface area (Å²) < 4.78 is 11.9. The van der Waals surface area contributed by atoms with Gasteiger partial charge in [0, 0.05) is 23.7 Å². The Morgan fingerprint density at radius 3 is 2.51 bits per heavy atom. The van der Waals surface area contributed by atoms with Crippen LogP contribution in [0.25, 0.3) is 11.0 Å². The fraction of sp³-hybridized carbons (Fsp3) is 0.222. The van der Waals surface area contributed by atoms with E-state index in [9.17, 15) is 24.6 Å². The molecule has 0 aliphatic heterocycles. The van der Waals surface area contributed by atoms with Crippen LogP contribution in [0.1, 0.15) is 34.7 Å². The third-order valence-electron chi connectivity index (χ3n) is 6.11. The van der Waals surface area contributed by atoms with Gasteiger partial charge in [-0.1, -0.05) is 24.3 Å². The van der Waals surface area contributed by atoms with Crippen LogP contribution < -0.4 is 11.0 Å². The number of carbonyl (C=O) groups is 1. The second-order valence-electron chi connectivity index (χ2n) is 8.31. The largest absolute Gasteiger partial charge is 0.508 e. The van der Waals surface area contributed by atoms with Crippen molar-refractivity contribution in [3.63, 3.8) is 0 Å². The van der Waals surface area contributed by atoms with Crippen molar-refractivity contribution in [3.8, 4) is 11.5 Å². The minimum Gasteiger partial charge on any atom is -0.508 e. The summed E-state index contributed by atoms with van der Waals surface area (Å²) >= 11 is 0. The molecule has 0 aliphatic carbocycles. The van der Waals surface area contributed by atoms with Crippen LogP contribution in [0.15, 0.2) is 74.9 Å². The quantitative estimate of drug-likeness (QED) is 0.392. The van der Waals surface area contributed by atoms with Crippen molar-refractivity contribution in [2.75, 3.05) is 7.11 Å². The fourth-order valence-corrected chi connectivity index (χ4v) is 4.23. The number of aromatic nitrogens is 1. The Balaban J connectivity index is 1.83. The van der Waals surface area contributed by atoms with Crippen molar-refractivity contribution in [1.82, 2.24) is 4.57 Å². The molecule has 0 amide bonds. The highest BCUT2D eigenvalue weighted by Crippen LogP contribution is 2.32. The van der Waals surface area contributed by atoms with Crippen LogP contribution >= 0.6 is 0 Å². The van der Waals surface area contributed by atoms with Crippen LogP contribution in [-0.4, -0.2) is 27.9 Å². The summed E-state index contributed by atoms with van der Waals surface area (Å²) in [5.74, 6) is -1.88. The first-order chi connectivity index (χ1) is 16.8. The number of methoxy groups -OCH3 is 1. The minimum atomic E-state index is -1.07. The van der Waals surface area contributed by atoms with Gasteiger partial charge in [0.25, 0.3) is 5.56 Å². The van der Waals surface area contributed by atoms with Crippen molar-refractivity contribution in [2.24, 2.45) is 0 Å². The predicted octanol–water partition coefficient (Wildman–Crippen LogP) is 3.61. The molecule has 0 saturated carbocycles. The van der Waals surface area contributed by atoms with Crippen molar-refractivity contribution in [1.29, 1.82) is 0 Å². The number of para-hydroxylation sites is 1. The Morgan fingerprint density at radius 2 is 1.80 bits per heavy atom. The first-order valence-electron chi connectivity index (χ1n) is 11.1. The number of esters is 1. The third kappa shape index (κ3) is 4.82. The molecule has 8 nitrogen and oxygen atoms in total. The first kappa shape index (κ1) is 23.8. The van der Waals surface area contributed by atoms with E-state index in [0.717, 1.165) is 5.56 Å². The lowest BCUT2D eigenvalue weighted by Crippen LogP contribution is -2.30. The molecule has 0 fully saturated rings. The van der Waals surface area contributed by atoms with Crippen molar-refractivity contribution in [2.45, 2.75) is 32.2 Å². The van der Waals surface area contributed by atoms with Gasteiger partial charge in [-0.15, -0.1) is 0 Å². The van der Waals surface area contributed by atoms with Gasteiger partial charge in [0.05, 0.1) is 30.7 Å². The molecule has 4 aromatic rings. The van der Waals surface area contributed by atoms with Crippen molar-refractivity contribution < 1.29 is 24.2 Å². The number of fused-ring (bicyclic) bond motifs is 1. The molecule has 0 bridgehead atoms. The Kier molecular flexibility index (Phi) is 6.73. The molecule has 2 N–H and O–H groups in total. The third-order valence-corrected chi connectivity index (χ3v) is 6.11. The molecule has 0 aliphatic rings. The van der Waals surface area contributed by atoms with Gasteiger partial charge in [-0.3, -0.25) is 14.4 Å². The summed E-state index contributed by atoms with van der Waals surface area (Å²) in [6.07, 6.45) is 1.40. The number of phenolic OH excluding ortho intramolecular Hbond substituents is 1. The smallest absolute Gasteiger partial charge is 0.306 e. The minimum absolute atomic E-state index is 0.0747. The van der Waals surface area contributed by atoms with Gasteiger partial charge >= 0.3 is 5.97 Å². The molecule has 2 aromatic carbocycles. The van der Waals surface area contributed by atoms with Crippen LogP contribution in [0, 0.1) is 6.92 Å². The number of hydrogen-bond acceptors (Lipinski definition) is 7. The van der Waals surface area contributed by atoms with Gasteiger partial charge < -0.3 is 23.9 Å². The average molecular weight is 475 g/mol. The molecule has 2 aromatic heterocycles. The molecule has 2 heterocycles. The number of pyridine rings is 1. The lowest BCUT2D eigenvalue weighted by atomic mass is 9.88. The molecule has 0 spiro atoms. The van der Waals surface area contributed by atoms with Gasteiger partial charge in [0.15, 0.2) is 5.43 Å². The molecule has 180 valence electrons. The Hall–Kier alpha value is -4.33. The second-order valence-corrected chi connectivity index (χ2v) is 8.31. The van der Waals surface area contributed by atoms with E-state index in [-0.39, 0.29) is 29.0 Å². The van der Waals surface area contributed by atoms with E-state index in [1.165, 1.54) is 24.0 Å². The molecule has 4 rings (SSSR count). The first-order valence-corrected chi connectivity index (χ1v) is 11.1. The van der Waals surface area contributed by atoms with Gasteiger partial charge in [-0.2, -0.15) is 0 Å². The van der Waals surface area contributed by atoms with Crippen LogP contribution in [-0.2, 0) is 22.5 Å². The number of rotatable bonds is 7. The normalized spacial score (nSPS) is 11.9. The zero-order chi connectivity index (χ0) is 25.1. The maximum Gasteiger partial charge on any atom is 0.306 e. The van der Waals surface area contributed by atoms with Crippen LogP contribution in [0.2, 0.25) is 0 Å². The molecule has 1 atom stereocenters. The standard InChI is InChI=1S/C27H25NO7/c1-16-13-22(30)25(27(33)28(16)12-11-17-7-9-18(29)10-8-17)20(14-24(31)34-2)21-15-35-23-6-4-3-5-19(23)26(21)32/h3-10,13,15,20,29-30H,11-12,14H2,1-2H3/t20-/m1/s1. The zero-order valence-corrected chi connectivity index (χ0v) is 19.4. The maximum atomic E-state index is 13.6. The molecule has 0 unspecified atom stereocenters. The second kappa shape index (κ2) is 9.89. The van der Waals surface area contributed by atoms with E-state index in [4.69, 9.17) is 9.15 Å². The lowest BCUT2D eigenvalue weighted by molar-refractivity contribution is -0.140. The number of aromatic hydroxyl groups is 2. The summed E-state index contributed by atoms with van der Waals surface area (Å²) in [6.45, 7) is 1.99. The Bertz CT molecular complexity index is 1500. The monoisotopic (exact) mass is 475 g/mol. The maximum absolute atomic E-state index is 13.6. The van der Waals surface area contributed by atoms with E-state index in [2.05, 4.69) is 0 Å². The number of nitrogens with zero attached hydrogens (tertiary/aromatic N) is 1. The van der Waals surface area contributed by atoms with Gasteiger partial charge in [-0.05, 0) is 49.2 Å². The number of aryl methyl sites for hydroxylation is 2. The van der Waals surface area contributed by atoms with Crippen molar-refractivity contribution >= 4 is 16.9 Å². The summed E-state index contributed by atoms with van der Waals surface area (Å²) in [7, 11) is 1.22. The Morgan fingerprint density at radius 1 is 1.09 bits per heavy atom. The highest BCUT2D eigenvalue weighted by Gasteiger charge is 2.29. The van der Waals surface area contributed by atoms with Gasteiger partial charge in [0.2, 0.25) is 0 Å². The average Bonchev–Trinajstić information content (AvgIpc) is 2.84. The Labute approximate surface area is 200 Å². The zero-order valence-electron chi connectivity index (χ0n) is 19.4. The van der Waals surface area contributed by atoms with E-state index in [1.54, 1.807) is 55.5 Å². The summed E-state index contributed by atoms with van der Waals surface area (Å²) in [6, 6.07) is 14.8. The number of ether oxygens (including phenoxy) is 1. The molecule has 35 heavy (non-hydrogen) atoms. The van der Waals surface area contributed by atoms with Gasteiger partial charge in [-0.25, -0.2) is 0 Å². The SMILES string of the molecule is COC(=O)C[C@H](c1coc2ccccc2c1=O)c1c(O)cc(C)n(CCc2ccc(O)cc2)c1=O. The van der Waals surface area contributed by atoms with Crippen LogP contribution in [0.4, 0.5) is 0 Å². The topological polar surface area (TPSA) is 119 Å². The number of hydrogen-bond donors (Lipinski definition) is 2. The van der Waals surface area contributed by atoms with E-state index in [1.807, 2.05) is 0 Å². The van der Waals surface area contributed by atoms with E-state index in [0.29, 0.717) is 29.6 Å². The summed E-state index contributed by atoms with van der Waals surface area (Å²) in [5.41, 5.74) is 0.906. The lowest BCUT2D eigenvalue weighted by Gasteiger charge is -2.20. The molecule has 0 radical (unpaired) electrons. The summed E-state index contributed by atoms with van der Waals surface area (Å²) in [4.78, 5) is 39.2. The molecule has 8 heteroatoms. The molecular formula is C27H25NO7. The highest BCUT2D eigenvalue weighted by molar-refractivity contribution is 5.77. The predicted molar refractivity (Wildman–Crippen MR) is 130 cm³/mol. The molecule has 0 saturated heterocycles. The number of carbonyl (C=O) groups excluding carboxylic acids is 1. The van der Waals surface area contributed by atoms with Crippen LogP contribution in [0.3, 0.4) is 0 Å². The highest BCUT2D eigenvalue weighted by atomic mass is 16.5. The summed E-state index contributed by atoms with van der Waals surface area (Å²) in [5, 5.41) is 20.6. The fourth-order valence-electron chi connectivity index (χ4n) is 4.23. The number of phenols is 1.